The maximum Gasteiger partial charge on any atom is 0.353 e. The Kier molecular flexibility index (Phi) is 6.36. The lowest BCUT2D eigenvalue weighted by Gasteiger charge is -2.46. The predicted octanol–water partition coefficient (Wildman–Crippen LogP) is -0.617. The third kappa shape index (κ3) is 3.86. The van der Waals surface area contributed by atoms with Crippen molar-refractivity contribution in [3.05, 3.63) is 10.6 Å². The van der Waals surface area contributed by atoms with Gasteiger partial charge in [0.15, 0.2) is 0 Å². The second-order valence-electron chi connectivity index (χ2n) is 8.27. The number of nitrogens with one attached hydrogen (secondary N) is 3. The second-order valence-corrected chi connectivity index (χ2v) is 10.9. The summed E-state index contributed by atoms with van der Waals surface area (Å²) in [4.78, 5) is 38.8. The van der Waals surface area contributed by atoms with E-state index in [1.807, 2.05) is 6.92 Å². The Morgan fingerprint density at radius 2 is 2.17 bits per heavy atom. The second kappa shape index (κ2) is 8.70. The van der Waals surface area contributed by atoms with Crippen LogP contribution < -0.4 is 16.0 Å². The van der Waals surface area contributed by atoms with Gasteiger partial charge in [0.05, 0.1) is 29.5 Å². The monoisotopic (exact) mass is 456 g/mol. The number of carbonyl (C=O) groups excluding carboxylic acids is 2. The number of hydrogen-bond donors (Lipinski definition) is 5. The summed E-state index contributed by atoms with van der Waals surface area (Å²) in [5.74, 6) is -1.14. The van der Waals surface area contributed by atoms with E-state index in [1.165, 1.54) is 16.7 Å². The van der Waals surface area contributed by atoms with E-state index < -0.39 is 18.0 Å². The van der Waals surface area contributed by atoms with Crippen molar-refractivity contribution >= 4 is 41.3 Å². The molecule has 0 saturated carbocycles. The average Bonchev–Trinajstić information content (AvgIpc) is 3.40. The molecule has 4 rings (SSSR count). The van der Waals surface area contributed by atoms with E-state index in [2.05, 4.69) is 16.0 Å². The molecule has 7 atom stereocenters. The number of rotatable bonds is 7. The number of carbonyl (C=O) groups is 3. The van der Waals surface area contributed by atoms with Crippen molar-refractivity contribution in [2.75, 3.05) is 25.4 Å². The van der Waals surface area contributed by atoms with E-state index in [9.17, 15) is 24.6 Å². The third-order valence-electron chi connectivity index (χ3n) is 6.27. The number of β-lactam (4-membered cyclic amide) rings is 1. The minimum absolute atomic E-state index is 0.0347. The van der Waals surface area contributed by atoms with E-state index in [0.717, 1.165) is 12.3 Å². The van der Waals surface area contributed by atoms with Gasteiger partial charge in [-0.2, -0.15) is 0 Å². The molecule has 3 saturated heterocycles. The summed E-state index contributed by atoms with van der Waals surface area (Å²) >= 11 is 3.25. The zero-order chi connectivity index (χ0) is 21.6. The Bertz CT molecular complexity index is 770. The lowest BCUT2D eigenvalue weighted by Crippen LogP contribution is -2.63. The van der Waals surface area contributed by atoms with Crippen LogP contribution in [0.4, 0.5) is 0 Å². The molecule has 166 valence electrons. The maximum absolute atomic E-state index is 12.5. The molecule has 0 aliphatic carbocycles. The quantitative estimate of drug-likeness (QED) is 0.318. The summed E-state index contributed by atoms with van der Waals surface area (Å²) in [6.45, 7) is 5.63. The minimum Gasteiger partial charge on any atom is -0.477 e. The Morgan fingerprint density at radius 1 is 1.40 bits per heavy atom. The topological polar surface area (TPSA) is 131 Å². The van der Waals surface area contributed by atoms with Gasteiger partial charge < -0.3 is 31.1 Å². The lowest BCUT2D eigenvalue weighted by molar-refractivity contribution is -0.163. The first-order valence-corrected chi connectivity index (χ1v) is 12.2. The first-order valence-electron chi connectivity index (χ1n) is 10.3. The van der Waals surface area contributed by atoms with E-state index >= 15 is 0 Å². The minimum atomic E-state index is -1.12. The van der Waals surface area contributed by atoms with Crippen LogP contribution in [-0.2, 0) is 14.4 Å². The number of carboxylic acids is 1. The van der Waals surface area contributed by atoms with Crippen molar-refractivity contribution in [2.45, 2.75) is 49.1 Å². The number of amides is 2. The van der Waals surface area contributed by atoms with Crippen molar-refractivity contribution in [1.29, 1.82) is 0 Å². The molecular formula is C19H28N4O5S2. The highest BCUT2D eigenvalue weighted by molar-refractivity contribution is 8.03. The van der Waals surface area contributed by atoms with Crippen molar-refractivity contribution in [3.63, 3.8) is 0 Å². The summed E-state index contributed by atoms with van der Waals surface area (Å²) in [5, 5.41) is 29.5. The zero-order valence-electron chi connectivity index (χ0n) is 17.0. The normalized spacial score (nSPS) is 36.6. The van der Waals surface area contributed by atoms with Gasteiger partial charge in [0, 0.05) is 41.5 Å². The van der Waals surface area contributed by atoms with Crippen LogP contribution in [0.2, 0.25) is 0 Å². The highest BCUT2D eigenvalue weighted by Crippen LogP contribution is 2.51. The number of hydrogen-bond acceptors (Lipinski definition) is 8. The Morgan fingerprint density at radius 3 is 2.80 bits per heavy atom. The summed E-state index contributed by atoms with van der Waals surface area (Å²) in [7, 11) is 0. The average molecular weight is 457 g/mol. The number of carboxylic acid groups (broad SMARTS) is 1. The Labute approximate surface area is 183 Å². The molecule has 9 nitrogen and oxygen atoms in total. The Hall–Kier alpha value is -1.27. The smallest absolute Gasteiger partial charge is 0.353 e. The molecular weight excluding hydrogens is 428 g/mol. The largest absolute Gasteiger partial charge is 0.477 e. The van der Waals surface area contributed by atoms with Crippen LogP contribution in [0.1, 0.15) is 20.3 Å². The first-order chi connectivity index (χ1) is 14.3. The van der Waals surface area contributed by atoms with Gasteiger partial charge in [-0.3, -0.25) is 9.59 Å². The molecule has 0 aromatic carbocycles. The molecule has 30 heavy (non-hydrogen) atoms. The van der Waals surface area contributed by atoms with Crippen LogP contribution in [0.3, 0.4) is 0 Å². The van der Waals surface area contributed by atoms with Gasteiger partial charge in [0.2, 0.25) is 11.8 Å². The van der Waals surface area contributed by atoms with Gasteiger partial charge in [-0.15, -0.1) is 23.5 Å². The fourth-order valence-electron chi connectivity index (χ4n) is 4.78. The van der Waals surface area contributed by atoms with Gasteiger partial charge >= 0.3 is 5.97 Å². The van der Waals surface area contributed by atoms with Crippen molar-refractivity contribution < 1.29 is 24.6 Å². The summed E-state index contributed by atoms with van der Waals surface area (Å²) < 4.78 is 0. The van der Waals surface area contributed by atoms with Gasteiger partial charge in [-0.1, -0.05) is 6.92 Å². The van der Waals surface area contributed by atoms with E-state index in [-0.39, 0.29) is 46.1 Å². The first kappa shape index (κ1) is 21.9. The zero-order valence-corrected chi connectivity index (χ0v) is 18.6. The van der Waals surface area contributed by atoms with Crippen LogP contribution in [0, 0.1) is 11.8 Å². The third-order valence-corrected chi connectivity index (χ3v) is 8.95. The molecule has 0 radical (unpaired) electrons. The lowest BCUT2D eigenvalue weighted by atomic mass is 9.79. The molecule has 1 unspecified atom stereocenters. The summed E-state index contributed by atoms with van der Waals surface area (Å²) in [6.07, 6.45) is -0.210. The molecule has 5 N–H and O–H groups in total. The van der Waals surface area contributed by atoms with Crippen LogP contribution in [-0.4, -0.2) is 87.1 Å². The van der Waals surface area contributed by atoms with E-state index in [1.54, 1.807) is 18.7 Å². The standard InChI is InChI=1S/C19H28N4O5S2/c1-8-14-13(9(2)24)18(26)23(14)15(19(27)28)16(8)30-10-5-11(21-6-10)17(25)22-7-12-20-3-4-29-12/h8-14,20-21,24H,3-7H2,1-2H3,(H,22,25)(H,27,28)/t8-,9-,10+,11+,12?,13-,14-/m1/s1. The fourth-order valence-corrected chi connectivity index (χ4v) is 7.21. The fraction of sp³-hybridized carbons (Fsp3) is 0.737. The molecule has 4 heterocycles. The summed E-state index contributed by atoms with van der Waals surface area (Å²) in [6, 6.07) is -0.612. The molecule has 0 aromatic rings. The van der Waals surface area contributed by atoms with Crippen LogP contribution in [0.15, 0.2) is 10.6 Å². The number of nitrogens with zero attached hydrogens (tertiary/aromatic N) is 1. The van der Waals surface area contributed by atoms with Crippen molar-refractivity contribution in [2.24, 2.45) is 11.8 Å². The van der Waals surface area contributed by atoms with Crippen molar-refractivity contribution in [1.82, 2.24) is 20.9 Å². The van der Waals surface area contributed by atoms with E-state index in [4.69, 9.17) is 0 Å². The van der Waals surface area contributed by atoms with Crippen LogP contribution in [0.25, 0.3) is 0 Å². The molecule has 4 aliphatic rings. The molecule has 11 heteroatoms. The number of aliphatic hydroxyl groups is 1. The molecule has 4 aliphatic heterocycles. The maximum atomic E-state index is 12.5. The molecule has 3 fully saturated rings. The number of fused-ring (bicyclic) bond motifs is 1. The highest BCUT2D eigenvalue weighted by atomic mass is 32.2. The number of aliphatic hydroxyl groups excluding tert-OH is 1. The van der Waals surface area contributed by atoms with Gasteiger partial charge in [-0.05, 0) is 13.3 Å². The molecule has 0 bridgehead atoms. The summed E-state index contributed by atoms with van der Waals surface area (Å²) in [5.41, 5.74) is 0.0386. The van der Waals surface area contributed by atoms with Gasteiger partial charge in [0.1, 0.15) is 5.70 Å². The Balaban J connectivity index is 1.38. The van der Waals surface area contributed by atoms with Gasteiger partial charge in [0.25, 0.3) is 0 Å². The van der Waals surface area contributed by atoms with E-state index in [0.29, 0.717) is 24.4 Å². The molecule has 0 spiro atoms. The van der Waals surface area contributed by atoms with Crippen LogP contribution in [0.5, 0.6) is 0 Å². The number of thioether (sulfide) groups is 2. The molecule has 2 amide bonds. The van der Waals surface area contributed by atoms with Crippen molar-refractivity contribution in [3.8, 4) is 0 Å². The van der Waals surface area contributed by atoms with Crippen LogP contribution >= 0.6 is 23.5 Å². The highest BCUT2D eigenvalue weighted by Gasteiger charge is 2.60. The SMILES string of the molecule is C[C@@H](O)[C@H]1C(=O)N2C(C(=O)O)=C(S[C@@H]3CN[C@H](C(=O)NCC4NCCS4)C3)[C@H](C)[C@H]12. The van der Waals surface area contributed by atoms with Gasteiger partial charge in [-0.25, -0.2) is 4.79 Å². The predicted molar refractivity (Wildman–Crippen MR) is 115 cm³/mol. The number of aliphatic carboxylic acids is 1. The molecule has 0 aromatic heterocycles.